The van der Waals surface area contributed by atoms with Crippen LogP contribution in [0.5, 0.6) is 0 Å². The quantitative estimate of drug-likeness (QED) is 0.699. The van der Waals surface area contributed by atoms with Gasteiger partial charge in [-0.05, 0) is 24.3 Å². The second-order valence-electron chi connectivity index (χ2n) is 4.17. The fourth-order valence-electron chi connectivity index (χ4n) is 2.01. The number of halogens is 1. The van der Waals surface area contributed by atoms with E-state index < -0.39 is 5.97 Å². The Morgan fingerprint density at radius 2 is 2.20 bits per heavy atom. The number of anilines is 1. The van der Waals surface area contributed by atoms with Gasteiger partial charge in [0.2, 0.25) is 0 Å². The second-order valence-corrected chi connectivity index (χ2v) is 6.00. The maximum atomic E-state index is 11.8. The molecule has 6 heteroatoms. The molecule has 0 spiro atoms. The predicted molar refractivity (Wildman–Crippen MR) is 83.0 cm³/mol. The number of carbonyl (C=O) groups is 1. The number of esters is 1. The number of benzene rings is 1. The van der Waals surface area contributed by atoms with Gasteiger partial charge in [0, 0.05) is 20.8 Å². The lowest BCUT2D eigenvalue weighted by Crippen LogP contribution is -2.04. The van der Waals surface area contributed by atoms with Crippen LogP contribution in [0.1, 0.15) is 10.4 Å². The highest BCUT2D eigenvalue weighted by atomic mass is 79.9. The Morgan fingerprint density at radius 3 is 2.95 bits per heavy atom. The standard InChI is InChI=1S/C14H10BrNO3S/c1-18-14(17)12-9(6-20-13(12)16)11-5-7-4-8(15)2-3-10(7)19-11/h2-6H,16H2,1H3. The number of carbonyl (C=O) groups excluding carboxylic acids is 1. The molecule has 3 rings (SSSR count). The number of fused-ring (bicyclic) bond motifs is 1. The van der Waals surface area contributed by atoms with Crippen LogP contribution < -0.4 is 5.73 Å². The van der Waals surface area contributed by atoms with Gasteiger partial charge in [-0.3, -0.25) is 0 Å². The molecular weight excluding hydrogens is 342 g/mol. The third kappa shape index (κ3) is 2.10. The summed E-state index contributed by atoms with van der Waals surface area (Å²) in [5, 5.41) is 3.18. The fraction of sp³-hybridized carbons (Fsp3) is 0.0714. The summed E-state index contributed by atoms with van der Waals surface area (Å²) in [4.78, 5) is 11.8. The van der Waals surface area contributed by atoms with Gasteiger partial charge in [-0.25, -0.2) is 4.79 Å². The van der Waals surface area contributed by atoms with Crippen molar-refractivity contribution in [1.82, 2.24) is 0 Å². The first-order valence-corrected chi connectivity index (χ1v) is 7.42. The van der Waals surface area contributed by atoms with Crippen LogP contribution in [-0.2, 0) is 4.74 Å². The van der Waals surface area contributed by atoms with E-state index in [2.05, 4.69) is 15.9 Å². The predicted octanol–water partition coefficient (Wildman–Crippen LogP) is 4.29. The second kappa shape index (κ2) is 4.96. The molecule has 0 fully saturated rings. The molecule has 0 amide bonds. The molecule has 0 saturated carbocycles. The van der Waals surface area contributed by atoms with Gasteiger partial charge < -0.3 is 14.9 Å². The van der Waals surface area contributed by atoms with Crippen LogP contribution in [0.2, 0.25) is 0 Å². The molecule has 3 aromatic rings. The molecule has 1 aromatic carbocycles. The highest BCUT2D eigenvalue weighted by Crippen LogP contribution is 2.37. The summed E-state index contributed by atoms with van der Waals surface area (Å²) in [6.45, 7) is 0. The van der Waals surface area contributed by atoms with Crippen LogP contribution in [0.25, 0.3) is 22.3 Å². The molecule has 0 bridgehead atoms. The maximum Gasteiger partial charge on any atom is 0.341 e. The lowest BCUT2D eigenvalue weighted by atomic mass is 10.1. The van der Waals surface area contributed by atoms with E-state index in [0.717, 1.165) is 15.4 Å². The molecule has 102 valence electrons. The minimum absolute atomic E-state index is 0.357. The summed E-state index contributed by atoms with van der Waals surface area (Å²) in [6, 6.07) is 7.61. The van der Waals surface area contributed by atoms with Gasteiger partial charge in [-0.2, -0.15) is 0 Å². The van der Waals surface area contributed by atoms with E-state index in [0.29, 0.717) is 21.9 Å². The van der Waals surface area contributed by atoms with Crippen LogP contribution in [0.3, 0.4) is 0 Å². The summed E-state index contributed by atoms with van der Waals surface area (Å²) >= 11 is 4.71. The van der Waals surface area contributed by atoms with Crippen molar-refractivity contribution in [3.63, 3.8) is 0 Å². The van der Waals surface area contributed by atoms with Crippen molar-refractivity contribution < 1.29 is 13.9 Å². The van der Waals surface area contributed by atoms with E-state index in [-0.39, 0.29) is 0 Å². The Bertz CT molecular complexity index is 806. The van der Waals surface area contributed by atoms with E-state index in [4.69, 9.17) is 14.9 Å². The number of hydrogen-bond acceptors (Lipinski definition) is 5. The SMILES string of the molecule is COC(=O)c1c(-c2cc3cc(Br)ccc3o2)csc1N. The van der Waals surface area contributed by atoms with Crippen LogP contribution in [0, 0.1) is 0 Å². The molecule has 0 atom stereocenters. The van der Waals surface area contributed by atoms with E-state index in [1.165, 1.54) is 18.4 Å². The summed E-state index contributed by atoms with van der Waals surface area (Å²) in [5.41, 5.74) is 7.61. The number of furan rings is 1. The maximum absolute atomic E-state index is 11.8. The van der Waals surface area contributed by atoms with E-state index >= 15 is 0 Å². The third-order valence-electron chi connectivity index (χ3n) is 2.95. The number of rotatable bonds is 2. The largest absolute Gasteiger partial charge is 0.465 e. The van der Waals surface area contributed by atoms with Gasteiger partial charge in [0.1, 0.15) is 21.9 Å². The van der Waals surface area contributed by atoms with E-state index in [1.54, 1.807) is 5.38 Å². The first-order valence-electron chi connectivity index (χ1n) is 5.75. The molecule has 2 N–H and O–H groups in total. The van der Waals surface area contributed by atoms with Gasteiger partial charge in [0.25, 0.3) is 0 Å². The van der Waals surface area contributed by atoms with Gasteiger partial charge in [-0.15, -0.1) is 11.3 Å². The van der Waals surface area contributed by atoms with Crippen molar-refractivity contribution >= 4 is 49.2 Å². The average Bonchev–Trinajstić information content (AvgIpc) is 3.00. The number of ether oxygens (including phenoxy) is 1. The minimum Gasteiger partial charge on any atom is -0.465 e. The van der Waals surface area contributed by atoms with Crippen molar-refractivity contribution in [3.8, 4) is 11.3 Å². The molecule has 2 heterocycles. The van der Waals surface area contributed by atoms with Gasteiger partial charge in [0.05, 0.1) is 7.11 Å². The first-order chi connectivity index (χ1) is 9.60. The smallest absolute Gasteiger partial charge is 0.341 e. The van der Waals surface area contributed by atoms with Crippen LogP contribution >= 0.6 is 27.3 Å². The Hall–Kier alpha value is -1.79. The molecule has 0 radical (unpaired) electrons. The number of nitrogen functional groups attached to an aromatic ring is 1. The van der Waals surface area contributed by atoms with Crippen LogP contribution in [-0.4, -0.2) is 13.1 Å². The fourth-order valence-corrected chi connectivity index (χ4v) is 3.18. The zero-order chi connectivity index (χ0) is 14.3. The highest BCUT2D eigenvalue weighted by molar-refractivity contribution is 9.10. The average molecular weight is 352 g/mol. The van der Waals surface area contributed by atoms with Gasteiger partial charge >= 0.3 is 5.97 Å². The molecule has 0 aliphatic rings. The van der Waals surface area contributed by atoms with E-state index in [9.17, 15) is 4.79 Å². The molecule has 0 saturated heterocycles. The molecule has 20 heavy (non-hydrogen) atoms. The number of methoxy groups -OCH3 is 1. The first kappa shape index (κ1) is 13.2. The van der Waals surface area contributed by atoms with Gasteiger partial charge in [0.15, 0.2) is 0 Å². The molecule has 0 aliphatic carbocycles. The molecular formula is C14H10BrNO3S. The Balaban J connectivity index is 2.18. The number of nitrogens with two attached hydrogens (primary N) is 1. The molecule has 4 nitrogen and oxygen atoms in total. The zero-order valence-corrected chi connectivity index (χ0v) is 12.9. The lowest BCUT2D eigenvalue weighted by Gasteiger charge is -2.00. The topological polar surface area (TPSA) is 65.5 Å². The van der Waals surface area contributed by atoms with Crippen molar-refractivity contribution in [1.29, 1.82) is 0 Å². The lowest BCUT2D eigenvalue weighted by molar-refractivity contribution is 0.0603. The molecule has 0 aliphatic heterocycles. The van der Waals surface area contributed by atoms with Crippen molar-refractivity contribution in [2.45, 2.75) is 0 Å². The minimum atomic E-state index is -0.458. The normalized spacial score (nSPS) is 10.9. The molecule has 0 unspecified atom stereocenters. The summed E-state index contributed by atoms with van der Waals surface area (Å²) in [5.74, 6) is 0.145. The summed E-state index contributed by atoms with van der Waals surface area (Å²) in [7, 11) is 1.33. The van der Waals surface area contributed by atoms with Crippen LogP contribution in [0.4, 0.5) is 5.00 Å². The summed E-state index contributed by atoms with van der Waals surface area (Å²) < 4.78 is 11.5. The van der Waals surface area contributed by atoms with Crippen molar-refractivity contribution in [3.05, 3.63) is 39.7 Å². The summed E-state index contributed by atoms with van der Waals surface area (Å²) in [6.07, 6.45) is 0. The highest BCUT2D eigenvalue weighted by Gasteiger charge is 2.21. The Kier molecular flexibility index (Phi) is 3.27. The Morgan fingerprint density at radius 1 is 1.40 bits per heavy atom. The zero-order valence-electron chi connectivity index (χ0n) is 10.5. The van der Waals surface area contributed by atoms with Crippen LogP contribution in [0.15, 0.2) is 38.5 Å². The monoisotopic (exact) mass is 351 g/mol. The van der Waals surface area contributed by atoms with Crippen molar-refractivity contribution in [2.24, 2.45) is 0 Å². The number of thiophene rings is 1. The molecule has 2 aromatic heterocycles. The van der Waals surface area contributed by atoms with Crippen molar-refractivity contribution in [2.75, 3.05) is 12.8 Å². The van der Waals surface area contributed by atoms with E-state index in [1.807, 2.05) is 24.3 Å². The van der Waals surface area contributed by atoms with Gasteiger partial charge in [-0.1, -0.05) is 15.9 Å². The number of hydrogen-bond donors (Lipinski definition) is 1. The Labute approximate surface area is 127 Å². The third-order valence-corrected chi connectivity index (χ3v) is 4.26.